The first-order chi connectivity index (χ1) is 11.7. The molecule has 1 aromatic rings. The molecule has 0 aromatic carbocycles. The standard InChI is InChI=1S/C18H27N3O3/c1-20(12-15-5-3-4-7-19-15)18(22)16-11-14-6-8-21(9-10-23-2)13-17(14)24-16/h3-5,7,14,16-17H,6,8-13H2,1-2H3/t14-,16+,17-/m0/s1. The Morgan fingerprint density at radius 1 is 1.50 bits per heavy atom. The van der Waals surface area contributed by atoms with Crippen LogP contribution in [-0.2, 0) is 20.8 Å². The second-order valence-electron chi connectivity index (χ2n) is 6.76. The molecule has 132 valence electrons. The molecule has 2 aliphatic rings. The molecule has 2 saturated heterocycles. The molecule has 6 heteroatoms. The van der Waals surface area contributed by atoms with E-state index in [-0.39, 0.29) is 18.1 Å². The summed E-state index contributed by atoms with van der Waals surface area (Å²) in [6.07, 6.45) is 3.56. The summed E-state index contributed by atoms with van der Waals surface area (Å²) in [4.78, 5) is 21.1. The van der Waals surface area contributed by atoms with E-state index in [9.17, 15) is 4.79 Å². The van der Waals surface area contributed by atoms with Crippen LogP contribution in [0.4, 0.5) is 0 Å². The average Bonchev–Trinajstić information content (AvgIpc) is 3.03. The van der Waals surface area contributed by atoms with Crippen LogP contribution in [0.3, 0.4) is 0 Å². The summed E-state index contributed by atoms with van der Waals surface area (Å²) in [5, 5.41) is 0. The smallest absolute Gasteiger partial charge is 0.251 e. The Morgan fingerprint density at radius 3 is 3.12 bits per heavy atom. The van der Waals surface area contributed by atoms with Gasteiger partial charge in [-0.05, 0) is 37.4 Å². The van der Waals surface area contributed by atoms with Gasteiger partial charge in [0.15, 0.2) is 0 Å². The van der Waals surface area contributed by atoms with Crippen molar-refractivity contribution >= 4 is 5.91 Å². The largest absolute Gasteiger partial charge is 0.383 e. The molecule has 2 fully saturated rings. The number of rotatable bonds is 6. The number of likely N-dealkylation sites (tertiary alicyclic amines) is 1. The van der Waals surface area contributed by atoms with E-state index in [1.165, 1.54) is 0 Å². The number of amides is 1. The summed E-state index contributed by atoms with van der Waals surface area (Å²) < 4.78 is 11.3. The topological polar surface area (TPSA) is 54.9 Å². The normalized spacial score (nSPS) is 27.0. The molecular weight excluding hydrogens is 306 g/mol. The first-order valence-corrected chi connectivity index (χ1v) is 8.69. The molecule has 3 heterocycles. The van der Waals surface area contributed by atoms with Crippen LogP contribution < -0.4 is 0 Å². The molecule has 0 saturated carbocycles. The number of hydrogen-bond donors (Lipinski definition) is 0. The first kappa shape index (κ1) is 17.3. The Bertz CT molecular complexity index is 540. The van der Waals surface area contributed by atoms with Gasteiger partial charge < -0.3 is 14.4 Å². The van der Waals surface area contributed by atoms with Gasteiger partial charge in [-0.3, -0.25) is 14.7 Å². The number of hydrogen-bond acceptors (Lipinski definition) is 5. The van der Waals surface area contributed by atoms with Crippen LogP contribution >= 0.6 is 0 Å². The number of aromatic nitrogens is 1. The predicted molar refractivity (Wildman–Crippen MR) is 90.4 cm³/mol. The molecule has 0 spiro atoms. The maximum Gasteiger partial charge on any atom is 0.251 e. The van der Waals surface area contributed by atoms with Crippen molar-refractivity contribution in [1.82, 2.24) is 14.8 Å². The molecule has 3 atom stereocenters. The van der Waals surface area contributed by atoms with Crippen LogP contribution in [0.2, 0.25) is 0 Å². The van der Waals surface area contributed by atoms with Crippen molar-refractivity contribution in [2.45, 2.75) is 31.6 Å². The van der Waals surface area contributed by atoms with Crippen molar-refractivity contribution in [2.75, 3.05) is 40.4 Å². The molecule has 3 rings (SSSR count). The number of piperidine rings is 1. The van der Waals surface area contributed by atoms with Crippen LogP contribution in [0.15, 0.2) is 24.4 Å². The summed E-state index contributed by atoms with van der Waals surface area (Å²) in [5.74, 6) is 0.569. The van der Waals surface area contributed by atoms with Gasteiger partial charge in [0, 0.05) is 33.4 Å². The molecule has 0 unspecified atom stereocenters. The zero-order chi connectivity index (χ0) is 16.9. The van der Waals surface area contributed by atoms with Gasteiger partial charge in [-0.2, -0.15) is 0 Å². The Kier molecular flexibility index (Phi) is 5.81. The van der Waals surface area contributed by atoms with Gasteiger partial charge in [0.25, 0.3) is 5.91 Å². The minimum atomic E-state index is -0.309. The zero-order valence-corrected chi connectivity index (χ0v) is 14.6. The van der Waals surface area contributed by atoms with E-state index in [0.29, 0.717) is 12.5 Å². The van der Waals surface area contributed by atoms with E-state index < -0.39 is 0 Å². The number of pyridine rings is 1. The number of carbonyl (C=O) groups excluding carboxylic acids is 1. The summed E-state index contributed by atoms with van der Waals surface area (Å²) in [7, 11) is 3.55. The van der Waals surface area contributed by atoms with Gasteiger partial charge in [0.1, 0.15) is 6.10 Å². The minimum absolute atomic E-state index is 0.0681. The number of fused-ring (bicyclic) bond motifs is 1. The third-order valence-corrected chi connectivity index (χ3v) is 5.02. The predicted octanol–water partition coefficient (Wildman–Crippen LogP) is 1.17. The Balaban J connectivity index is 1.52. The van der Waals surface area contributed by atoms with Crippen LogP contribution in [0.1, 0.15) is 18.5 Å². The highest BCUT2D eigenvalue weighted by Crippen LogP contribution is 2.33. The highest BCUT2D eigenvalue weighted by Gasteiger charge is 2.42. The van der Waals surface area contributed by atoms with Crippen molar-refractivity contribution in [3.05, 3.63) is 30.1 Å². The van der Waals surface area contributed by atoms with E-state index in [0.717, 1.165) is 44.8 Å². The second-order valence-corrected chi connectivity index (χ2v) is 6.76. The van der Waals surface area contributed by atoms with E-state index in [1.54, 1.807) is 18.2 Å². The molecule has 0 N–H and O–H groups in total. The fourth-order valence-electron chi connectivity index (χ4n) is 3.64. The van der Waals surface area contributed by atoms with E-state index >= 15 is 0 Å². The Morgan fingerprint density at radius 2 is 2.38 bits per heavy atom. The van der Waals surface area contributed by atoms with Gasteiger partial charge in [0.2, 0.25) is 0 Å². The zero-order valence-electron chi connectivity index (χ0n) is 14.6. The summed E-state index contributed by atoms with van der Waals surface area (Å²) in [6.45, 7) is 4.17. The quantitative estimate of drug-likeness (QED) is 0.782. The number of methoxy groups -OCH3 is 1. The van der Waals surface area contributed by atoms with Crippen molar-refractivity contribution in [3.63, 3.8) is 0 Å². The van der Waals surface area contributed by atoms with Crippen molar-refractivity contribution in [1.29, 1.82) is 0 Å². The van der Waals surface area contributed by atoms with Gasteiger partial charge >= 0.3 is 0 Å². The SMILES string of the molecule is COCCN1CC[C@H]2C[C@H](C(=O)N(C)Cc3ccccn3)O[C@H]2C1. The van der Waals surface area contributed by atoms with E-state index in [4.69, 9.17) is 9.47 Å². The molecule has 1 aromatic heterocycles. The number of carbonyl (C=O) groups is 1. The van der Waals surface area contributed by atoms with Crippen LogP contribution in [-0.4, -0.2) is 73.3 Å². The lowest BCUT2D eigenvalue weighted by Crippen LogP contribution is -2.43. The molecular formula is C18H27N3O3. The van der Waals surface area contributed by atoms with Crippen LogP contribution in [0.25, 0.3) is 0 Å². The van der Waals surface area contributed by atoms with Crippen LogP contribution in [0, 0.1) is 5.92 Å². The highest BCUT2D eigenvalue weighted by atomic mass is 16.5. The number of ether oxygens (including phenoxy) is 2. The minimum Gasteiger partial charge on any atom is -0.383 e. The number of nitrogens with zero attached hydrogens (tertiary/aromatic N) is 3. The van der Waals surface area contributed by atoms with Gasteiger partial charge in [-0.1, -0.05) is 6.07 Å². The Labute approximate surface area is 143 Å². The molecule has 1 amide bonds. The molecule has 2 aliphatic heterocycles. The van der Waals surface area contributed by atoms with Gasteiger partial charge in [-0.15, -0.1) is 0 Å². The lowest BCUT2D eigenvalue weighted by molar-refractivity contribution is -0.143. The van der Waals surface area contributed by atoms with E-state index in [1.807, 2.05) is 25.2 Å². The summed E-state index contributed by atoms with van der Waals surface area (Å²) >= 11 is 0. The third-order valence-electron chi connectivity index (χ3n) is 5.02. The maximum absolute atomic E-state index is 12.7. The van der Waals surface area contributed by atoms with Crippen molar-refractivity contribution < 1.29 is 14.3 Å². The lowest BCUT2D eigenvalue weighted by atomic mass is 9.91. The Hall–Kier alpha value is -1.50. The fourth-order valence-corrected chi connectivity index (χ4v) is 3.64. The summed E-state index contributed by atoms with van der Waals surface area (Å²) in [6, 6.07) is 5.76. The fraction of sp³-hybridized carbons (Fsp3) is 0.667. The molecule has 6 nitrogen and oxygen atoms in total. The van der Waals surface area contributed by atoms with Crippen molar-refractivity contribution in [3.8, 4) is 0 Å². The van der Waals surface area contributed by atoms with E-state index in [2.05, 4.69) is 9.88 Å². The van der Waals surface area contributed by atoms with Crippen molar-refractivity contribution in [2.24, 2.45) is 5.92 Å². The van der Waals surface area contributed by atoms with Gasteiger partial charge in [-0.25, -0.2) is 0 Å². The third kappa shape index (κ3) is 4.12. The molecule has 0 bridgehead atoms. The second kappa shape index (κ2) is 8.05. The molecule has 0 aliphatic carbocycles. The van der Waals surface area contributed by atoms with Crippen LogP contribution in [0.5, 0.6) is 0 Å². The van der Waals surface area contributed by atoms with Gasteiger partial charge in [0.05, 0.1) is 24.9 Å². The molecule has 0 radical (unpaired) electrons. The highest BCUT2D eigenvalue weighted by molar-refractivity contribution is 5.81. The summed E-state index contributed by atoms with van der Waals surface area (Å²) in [5.41, 5.74) is 0.898. The maximum atomic E-state index is 12.7. The monoisotopic (exact) mass is 333 g/mol. The molecule has 24 heavy (non-hydrogen) atoms. The first-order valence-electron chi connectivity index (χ1n) is 8.69. The lowest BCUT2D eigenvalue weighted by Gasteiger charge is -2.33. The number of likely N-dealkylation sites (N-methyl/N-ethyl adjacent to an activating group) is 1. The average molecular weight is 333 g/mol.